The van der Waals surface area contributed by atoms with Crippen molar-refractivity contribution < 1.29 is 4.74 Å². The minimum absolute atomic E-state index is 0. The van der Waals surface area contributed by atoms with Crippen LogP contribution in [0.2, 0.25) is 0 Å². The lowest BCUT2D eigenvalue weighted by molar-refractivity contribution is 0.129. The second-order valence-electron chi connectivity index (χ2n) is 7.58. The zero-order valence-corrected chi connectivity index (χ0v) is 21.4. The fourth-order valence-electron chi connectivity index (χ4n) is 3.65. The van der Waals surface area contributed by atoms with Crippen LogP contribution in [0.5, 0.6) is 0 Å². The second-order valence-corrected chi connectivity index (χ2v) is 7.58. The van der Waals surface area contributed by atoms with E-state index in [1.165, 1.54) is 25.8 Å². The van der Waals surface area contributed by atoms with Gasteiger partial charge in [-0.3, -0.25) is 9.89 Å². The van der Waals surface area contributed by atoms with E-state index in [0.717, 1.165) is 77.0 Å². The third-order valence-electron chi connectivity index (χ3n) is 5.42. The first-order valence-corrected chi connectivity index (χ1v) is 11.5. The molecule has 0 aromatic carbocycles. The molecule has 2 rings (SSSR count). The maximum absolute atomic E-state index is 5.66. The minimum Gasteiger partial charge on any atom is -0.381 e. The minimum atomic E-state index is 0. The van der Waals surface area contributed by atoms with Gasteiger partial charge in [-0.15, -0.1) is 34.2 Å². The molecule has 1 aliphatic heterocycles. The zero-order chi connectivity index (χ0) is 20.7. The summed E-state index contributed by atoms with van der Waals surface area (Å²) in [7, 11) is 0. The molecular weight excluding hydrogens is 493 g/mol. The van der Waals surface area contributed by atoms with Crippen molar-refractivity contribution >= 4 is 29.9 Å². The number of hydrogen-bond donors (Lipinski definition) is 2. The Balaban J connectivity index is 0.00000450. The van der Waals surface area contributed by atoms with Crippen molar-refractivity contribution in [2.24, 2.45) is 4.99 Å². The molecule has 1 saturated heterocycles. The van der Waals surface area contributed by atoms with Gasteiger partial charge in [0.25, 0.3) is 0 Å². The molecule has 0 amide bonds. The summed E-state index contributed by atoms with van der Waals surface area (Å²) < 4.78 is 7.76. The molecular formula is C21H42IN7O. The lowest BCUT2D eigenvalue weighted by Gasteiger charge is -2.21. The van der Waals surface area contributed by atoms with Crippen LogP contribution in [0.4, 0.5) is 0 Å². The quantitative estimate of drug-likeness (QED) is 0.165. The molecule has 1 aliphatic rings. The highest BCUT2D eigenvalue weighted by Gasteiger charge is 2.22. The lowest BCUT2D eigenvalue weighted by Crippen LogP contribution is -2.41. The van der Waals surface area contributed by atoms with Gasteiger partial charge in [-0.05, 0) is 38.8 Å². The molecule has 1 fully saturated rings. The molecule has 2 N–H and O–H groups in total. The molecule has 1 unspecified atom stereocenters. The van der Waals surface area contributed by atoms with Crippen molar-refractivity contribution in [3.63, 3.8) is 0 Å². The van der Waals surface area contributed by atoms with Crippen LogP contribution in [0.25, 0.3) is 0 Å². The van der Waals surface area contributed by atoms with Gasteiger partial charge in [0.15, 0.2) is 5.96 Å². The van der Waals surface area contributed by atoms with E-state index in [9.17, 15) is 0 Å². The topological polar surface area (TPSA) is 79.6 Å². The van der Waals surface area contributed by atoms with E-state index in [0.29, 0.717) is 6.04 Å². The molecule has 1 atom stereocenters. The van der Waals surface area contributed by atoms with E-state index in [4.69, 9.17) is 9.73 Å². The number of nitrogens with zero attached hydrogens (tertiary/aromatic N) is 5. The fraction of sp³-hybridized carbons (Fsp3) is 0.857. The predicted molar refractivity (Wildman–Crippen MR) is 134 cm³/mol. The van der Waals surface area contributed by atoms with E-state index in [-0.39, 0.29) is 24.0 Å². The van der Waals surface area contributed by atoms with Crippen LogP contribution in [-0.2, 0) is 17.7 Å². The summed E-state index contributed by atoms with van der Waals surface area (Å²) in [5, 5.41) is 15.1. The average molecular weight is 536 g/mol. The summed E-state index contributed by atoms with van der Waals surface area (Å²) in [6, 6.07) is 0.570. The lowest BCUT2D eigenvalue weighted by atomic mass is 10.2. The first-order valence-electron chi connectivity index (χ1n) is 11.5. The molecule has 2 heterocycles. The number of ether oxygens (including phenoxy) is 1. The van der Waals surface area contributed by atoms with Crippen molar-refractivity contribution in [2.45, 2.75) is 71.9 Å². The van der Waals surface area contributed by atoms with Crippen LogP contribution >= 0.6 is 24.0 Å². The van der Waals surface area contributed by atoms with Crippen molar-refractivity contribution in [1.29, 1.82) is 0 Å². The number of aromatic nitrogens is 3. The molecule has 0 bridgehead atoms. The van der Waals surface area contributed by atoms with Crippen molar-refractivity contribution in [1.82, 2.24) is 30.3 Å². The van der Waals surface area contributed by atoms with Gasteiger partial charge in [-0.25, -0.2) is 0 Å². The smallest absolute Gasteiger partial charge is 0.191 e. The number of halogens is 1. The van der Waals surface area contributed by atoms with Crippen LogP contribution in [0.3, 0.4) is 0 Å². The van der Waals surface area contributed by atoms with E-state index < -0.39 is 0 Å². The van der Waals surface area contributed by atoms with Gasteiger partial charge in [0, 0.05) is 45.3 Å². The van der Waals surface area contributed by atoms with E-state index >= 15 is 0 Å². The Morgan fingerprint density at radius 1 is 1.20 bits per heavy atom. The number of guanidine groups is 1. The van der Waals surface area contributed by atoms with Crippen LogP contribution in [-0.4, -0.2) is 77.6 Å². The molecule has 8 nitrogen and oxygen atoms in total. The average Bonchev–Trinajstić information content (AvgIpc) is 3.39. The van der Waals surface area contributed by atoms with Crippen LogP contribution in [0, 0.1) is 0 Å². The molecule has 30 heavy (non-hydrogen) atoms. The third-order valence-corrected chi connectivity index (χ3v) is 5.42. The van der Waals surface area contributed by atoms with Gasteiger partial charge in [0.1, 0.15) is 12.2 Å². The van der Waals surface area contributed by atoms with Gasteiger partial charge < -0.3 is 19.9 Å². The SMILES string of the molecule is CCCCOCCCNC(=NCC1CCCN1CC)NCCn1cnnc1CC.I. The molecule has 0 radical (unpaired) electrons. The molecule has 1 aromatic rings. The molecule has 0 saturated carbocycles. The van der Waals surface area contributed by atoms with Crippen LogP contribution < -0.4 is 10.6 Å². The second kappa shape index (κ2) is 16.7. The number of likely N-dealkylation sites (tertiary alicyclic amines) is 1. The van der Waals surface area contributed by atoms with Crippen molar-refractivity contribution in [3.8, 4) is 0 Å². The number of hydrogen-bond acceptors (Lipinski definition) is 5. The van der Waals surface area contributed by atoms with Gasteiger partial charge >= 0.3 is 0 Å². The van der Waals surface area contributed by atoms with Crippen LogP contribution in [0.1, 0.15) is 58.7 Å². The molecule has 174 valence electrons. The van der Waals surface area contributed by atoms with Gasteiger partial charge in [-0.2, -0.15) is 0 Å². The Morgan fingerprint density at radius 2 is 2.00 bits per heavy atom. The summed E-state index contributed by atoms with van der Waals surface area (Å²) in [6.07, 6.45) is 8.53. The molecule has 0 aliphatic carbocycles. The number of aryl methyl sites for hydroxylation is 1. The Hall–Kier alpha value is -0.940. The number of likely N-dealkylation sites (N-methyl/N-ethyl adjacent to an activating group) is 1. The highest BCUT2D eigenvalue weighted by atomic mass is 127. The van der Waals surface area contributed by atoms with Crippen molar-refractivity contribution in [2.75, 3.05) is 45.9 Å². The largest absolute Gasteiger partial charge is 0.381 e. The Kier molecular flexibility index (Phi) is 15.1. The summed E-state index contributed by atoms with van der Waals surface area (Å²) in [5.74, 6) is 1.92. The van der Waals surface area contributed by atoms with Gasteiger partial charge in [0.2, 0.25) is 0 Å². The van der Waals surface area contributed by atoms with Gasteiger partial charge in [0.05, 0.1) is 6.54 Å². The maximum atomic E-state index is 5.66. The third kappa shape index (κ3) is 9.91. The highest BCUT2D eigenvalue weighted by molar-refractivity contribution is 14.0. The summed E-state index contributed by atoms with van der Waals surface area (Å²) in [6.45, 7) is 13.9. The Morgan fingerprint density at radius 3 is 2.77 bits per heavy atom. The van der Waals surface area contributed by atoms with E-state index in [1.807, 2.05) is 0 Å². The summed E-state index contributed by atoms with van der Waals surface area (Å²) in [4.78, 5) is 7.42. The fourth-order valence-corrected chi connectivity index (χ4v) is 3.65. The molecule has 9 heteroatoms. The standard InChI is InChI=1S/C21H41N7O.HI/c1-4-7-15-29-16-9-11-22-21(24-17-19-10-8-13-27(19)6-3)23-12-14-28-18-25-26-20(28)5-2;/h18-19H,4-17H2,1-3H3,(H2,22,23,24);1H. The van der Waals surface area contributed by atoms with Gasteiger partial charge in [-0.1, -0.05) is 27.2 Å². The van der Waals surface area contributed by atoms with Crippen LogP contribution in [0.15, 0.2) is 11.3 Å². The van der Waals surface area contributed by atoms with E-state index in [2.05, 4.69) is 51.1 Å². The Bertz CT molecular complexity index is 581. The maximum Gasteiger partial charge on any atom is 0.191 e. The molecule has 0 spiro atoms. The first-order chi connectivity index (χ1) is 14.3. The molecule has 1 aromatic heterocycles. The highest BCUT2D eigenvalue weighted by Crippen LogP contribution is 2.16. The number of nitrogens with one attached hydrogen (secondary N) is 2. The number of rotatable bonds is 14. The monoisotopic (exact) mass is 535 g/mol. The van der Waals surface area contributed by atoms with E-state index in [1.54, 1.807) is 6.33 Å². The zero-order valence-electron chi connectivity index (χ0n) is 19.1. The first kappa shape index (κ1) is 27.1. The summed E-state index contributed by atoms with van der Waals surface area (Å²) >= 11 is 0. The predicted octanol–water partition coefficient (Wildman–Crippen LogP) is 2.68. The Labute approximate surface area is 199 Å². The van der Waals surface area contributed by atoms with Crippen molar-refractivity contribution in [3.05, 3.63) is 12.2 Å². The summed E-state index contributed by atoms with van der Waals surface area (Å²) in [5.41, 5.74) is 0. The number of unbranched alkanes of at least 4 members (excludes halogenated alkanes) is 1. The normalized spacial score (nSPS) is 17.2. The number of aliphatic imine (C=N–C) groups is 1.